The van der Waals surface area contributed by atoms with Crippen molar-refractivity contribution < 1.29 is 4.79 Å². The minimum absolute atomic E-state index is 0.136. The summed E-state index contributed by atoms with van der Waals surface area (Å²) in [7, 11) is 0. The summed E-state index contributed by atoms with van der Waals surface area (Å²) in [6.45, 7) is 1.80. The van der Waals surface area contributed by atoms with E-state index < -0.39 is 0 Å². The highest BCUT2D eigenvalue weighted by Gasteiger charge is 2.37. The maximum atomic E-state index is 12.5. The van der Waals surface area contributed by atoms with Crippen molar-refractivity contribution in [3.05, 3.63) is 35.4 Å². The third-order valence-corrected chi connectivity index (χ3v) is 5.43. The highest BCUT2D eigenvalue weighted by molar-refractivity contribution is 7.80. The first-order valence-electron chi connectivity index (χ1n) is 7.79. The quantitative estimate of drug-likeness (QED) is 0.854. The molecule has 0 unspecified atom stereocenters. The summed E-state index contributed by atoms with van der Waals surface area (Å²) in [5.74, 6) is 0.136. The Balaban J connectivity index is 1.64. The molecule has 1 aliphatic heterocycles. The number of nitrogens with zero attached hydrogens (tertiary/aromatic N) is 1. The van der Waals surface area contributed by atoms with Gasteiger partial charge in [-0.3, -0.25) is 4.79 Å². The van der Waals surface area contributed by atoms with Gasteiger partial charge in [-0.15, -0.1) is 0 Å². The number of nitrogens with two attached hydrogens (primary N) is 1. The van der Waals surface area contributed by atoms with Gasteiger partial charge in [0.2, 0.25) is 0 Å². The van der Waals surface area contributed by atoms with E-state index in [0.29, 0.717) is 10.4 Å². The van der Waals surface area contributed by atoms with E-state index in [1.54, 1.807) is 0 Å². The Morgan fingerprint density at radius 3 is 2.05 bits per heavy atom. The molecule has 0 aromatic heterocycles. The number of piperidine rings is 1. The van der Waals surface area contributed by atoms with Crippen LogP contribution in [0.15, 0.2) is 24.3 Å². The van der Waals surface area contributed by atoms with Gasteiger partial charge in [0.05, 0.1) is 0 Å². The molecule has 1 saturated carbocycles. The van der Waals surface area contributed by atoms with Crippen LogP contribution in [-0.2, 0) is 0 Å². The Bertz CT molecular complexity index is 536. The molecule has 3 rings (SSSR count). The molecule has 2 aliphatic rings. The Morgan fingerprint density at radius 2 is 1.52 bits per heavy atom. The first kappa shape index (κ1) is 14.5. The number of thiocarbonyl (C=S) groups is 1. The molecule has 2 N–H and O–H groups in total. The molecule has 1 aliphatic carbocycles. The fourth-order valence-corrected chi connectivity index (χ4v) is 3.90. The molecule has 0 radical (unpaired) electrons. The van der Waals surface area contributed by atoms with Crippen LogP contribution < -0.4 is 5.73 Å². The molecular weight excluding hydrogens is 280 g/mol. The number of rotatable bonds is 2. The van der Waals surface area contributed by atoms with E-state index in [1.165, 1.54) is 38.5 Å². The number of carbonyl (C=O) groups is 1. The molecule has 0 bridgehead atoms. The van der Waals surface area contributed by atoms with Crippen molar-refractivity contribution in [2.24, 2.45) is 11.1 Å². The fraction of sp³-hybridized carbons (Fsp3) is 0.529. The van der Waals surface area contributed by atoms with Gasteiger partial charge in [0, 0.05) is 24.2 Å². The summed E-state index contributed by atoms with van der Waals surface area (Å²) >= 11 is 4.94. The number of benzene rings is 1. The smallest absolute Gasteiger partial charge is 0.253 e. The fourth-order valence-electron chi connectivity index (χ4n) is 3.77. The van der Waals surface area contributed by atoms with Gasteiger partial charge in [0.1, 0.15) is 4.99 Å². The van der Waals surface area contributed by atoms with Crippen molar-refractivity contribution in [3.63, 3.8) is 0 Å². The summed E-state index contributed by atoms with van der Waals surface area (Å²) in [5.41, 5.74) is 7.68. The number of amides is 1. The minimum atomic E-state index is 0.136. The van der Waals surface area contributed by atoms with Crippen LogP contribution in [0.1, 0.15) is 54.4 Å². The Labute approximate surface area is 131 Å². The molecule has 1 spiro atoms. The lowest BCUT2D eigenvalue weighted by molar-refractivity contribution is 0.0587. The van der Waals surface area contributed by atoms with Crippen molar-refractivity contribution >= 4 is 23.1 Å². The van der Waals surface area contributed by atoms with E-state index in [-0.39, 0.29) is 5.91 Å². The van der Waals surface area contributed by atoms with Crippen LogP contribution in [0.5, 0.6) is 0 Å². The lowest BCUT2D eigenvalue weighted by Gasteiger charge is -2.39. The maximum Gasteiger partial charge on any atom is 0.253 e. The topological polar surface area (TPSA) is 46.3 Å². The Morgan fingerprint density at radius 1 is 1.00 bits per heavy atom. The number of likely N-dealkylation sites (tertiary alicyclic amines) is 1. The third-order valence-electron chi connectivity index (χ3n) is 5.19. The van der Waals surface area contributed by atoms with Crippen molar-refractivity contribution in [2.75, 3.05) is 13.1 Å². The molecule has 1 amide bonds. The first-order chi connectivity index (χ1) is 10.1. The van der Waals surface area contributed by atoms with E-state index in [1.807, 2.05) is 29.2 Å². The second-order valence-corrected chi connectivity index (χ2v) is 6.88. The molecule has 4 heteroatoms. The van der Waals surface area contributed by atoms with Gasteiger partial charge < -0.3 is 10.6 Å². The van der Waals surface area contributed by atoms with E-state index in [0.717, 1.165) is 24.2 Å². The molecule has 1 aromatic carbocycles. The highest BCUT2D eigenvalue weighted by Crippen LogP contribution is 2.46. The average molecular weight is 302 g/mol. The maximum absolute atomic E-state index is 12.5. The van der Waals surface area contributed by atoms with Crippen LogP contribution in [0.25, 0.3) is 0 Å². The zero-order chi connectivity index (χ0) is 14.9. The predicted octanol–water partition coefficient (Wildman–Crippen LogP) is 3.12. The van der Waals surface area contributed by atoms with Gasteiger partial charge in [-0.1, -0.05) is 37.2 Å². The lowest BCUT2D eigenvalue weighted by atomic mass is 9.77. The molecule has 1 aromatic rings. The van der Waals surface area contributed by atoms with Gasteiger partial charge in [0.25, 0.3) is 5.91 Å². The Hall–Kier alpha value is -1.42. The van der Waals surface area contributed by atoms with Crippen molar-refractivity contribution in [2.45, 2.75) is 38.5 Å². The number of hydrogen-bond acceptors (Lipinski definition) is 2. The van der Waals surface area contributed by atoms with Crippen LogP contribution in [0.4, 0.5) is 0 Å². The number of carbonyl (C=O) groups excluding carboxylic acids is 1. The van der Waals surface area contributed by atoms with Crippen LogP contribution in [-0.4, -0.2) is 28.9 Å². The summed E-state index contributed by atoms with van der Waals surface area (Å²) in [5, 5.41) is 0. The Kier molecular flexibility index (Phi) is 3.98. The van der Waals surface area contributed by atoms with E-state index in [4.69, 9.17) is 18.0 Å². The zero-order valence-corrected chi connectivity index (χ0v) is 13.1. The van der Waals surface area contributed by atoms with Crippen molar-refractivity contribution in [1.82, 2.24) is 4.90 Å². The van der Waals surface area contributed by atoms with Gasteiger partial charge >= 0.3 is 0 Å². The van der Waals surface area contributed by atoms with E-state index >= 15 is 0 Å². The zero-order valence-electron chi connectivity index (χ0n) is 12.3. The lowest BCUT2D eigenvalue weighted by Crippen LogP contribution is -2.42. The standard InChI is InChI=1S/C17H22N2OS/c18-15(21)13-3-5-14(6-4-13)16(20)19-11-9-17(10-12-19)7-1-2-8-17/h3-6H,1-2,7-12H2,(H2,18,21). The van der Waals surface area contributed by atoms with Crippen LogP contribution in [0.3, 0.4) is 0 Å². The minimum Gasteiger partial charge on any atom is -0.389 e. The van der Waals surface area contributed by atoms with E-state index in [9.17, 15) is 4.79 Å². The average Bonchev–Trinajstić information content (AvgIpc) is 2.96. The summed E-state index contributed by atoms with van der Waals surface area (Å²) < 4.78 is 0. The summed E-state index contributed by atoms with van der Waals surface area (Å²) in [6.07, 6.45) is 7.80. The third kappa shape index (κ3) is 2.95. The second-order valence-electron chi connectivity index (χ2n) is 6.44. The van der Waals surface area contributed by atoms with Crippen LogP contribution in [0.2, 0.25) is 0 Å². The SMILES string of the molecule is NC(=S)c1ccc(C(=O)N2CCC3(CCCC3)CC2)cc1. The van der Waals surface area contributed by atoms with Gasteiger partial charge in [-0.2, -0.15) is 0 Å². The largest absolute Gasteiger partial charge is 0.389 e. The monoisotopic (exact) mass is 302 g/mol. The van der Waals surface area contributed by atoms with Gasteiger partial charge in [-0.05, 0) is 43.2 Å². The van der Waals surface area contributed by atoms with Gasteiger partial charge in [0.15, 0.2) is 0 Å². The molecule has 0 atom stereocenters. The molecule has 1 saturated heterocycles. The van der Waals surface area contributed by atoms with Crippen LogP contribution in [0, 0.1) is 5.41 Å². The second kappa shape index (κ2) is 5.76. The molecule has 112 valence electrons. The van der Waals surface area contributed by atoms with Gasteiger partial charge in [-0.25, -0.2) is 0 Å². The first-order valence-corrected chi connectivity index (χ1v) is 8.20. The highest BCUT2D eigenvalue weighted by atomic mass is 32.1. The normalized spacial score (nSPS) is 20.7. The molecule has 1 heterocycles. The predicted molar refractivity (Wildman–Crippen MR) is 88.4 cm³/mol. The molecule has 21 heavy (non-hydrogen) atoms. The van der Waals surface area contributed by atoms with Crippen LogP contribution >= 0.6 is 12.2 Å². The summed E-state index contributed by atoms with van der Waals surface area (Å²) in [6, 6.07) is 7.32. The number of hydrogen-bond donors (Lipinski definition) is 1. The van der Waals surface area contributed by atoms with Crippen molar-refractivity contribution in [3.8, 4) is 0 Å². The van der Waals surface area contributed by atoms with E-state index in [2.05, 4.69) is 0 Å². The molecule has 3 nitrogen and oxygen atoms in total. The molecular formula is C17H22N2OS. The summed E-state index contributed by atoms with van der Waals surface area (Å²) in [4.78, 5) is 14.9. The van der Waals surface area contributed by atoms with Crippen molar-refractivity contribution in [1.29, 1.82) is 0 Å². The molecule has 2 fully saturated rings.